The van der Waals surface area contributed by atoms with Crippen molar-refractivity contribution in [2.45, 2.75) is 52.4 Å². The van der Waals surface area contributed by atoms with Crippen molar-refractivity contribution in [3.05, 3.63) is 308 Å². The molecule has 0 amide bonds. The number of hydrogen-bond donors (Lipinski definition) is 0. The van der Waals surface area contributed by atoms with Crippen LogP contribution < -0.4 is 26.2 Å². The number of fused-ring (bicyclic) bond motifs is 7. The van der Waals surface area contributed by atoms with Gasteiger partial charge in [-0.15, -0.1) is 0 Å². The van der Waals surface area contributed by atoms with Crippen molar-refractivity contribution < 1.29 is 0 Å². The van der Waals surface area contributed by atoms with Crippen LogP contribution in [0, 0.1) is 0 Å². The van der Waals surface area contributed by atoms with Crippen LogP contribution in [0.3, 0.4) is 0 Å². The Kier molecular flexibility index (Phi) is 13.9. The first kappa shape index (κ1) is 58.0. The molecule has 0 N–H and O–H groups in total. The van der Waals surface area contributed by atoms with Gasteiger partial charge in [-0.05, 0) is 153 Å². The van der Waals surface area contributed by atoms with E-state index in [2.05, 4.69) is 292 Å². The maximum absolute atomic E-state index is 5.75. The van der Waals surface area contributed by atoms with Gasteiger partial charge in [-0.3, -0.25) is 0 Å². The summed E-state index contributed by atoms with van der Waals surface area (Å²) >= 11 is 0. The van der Waals surface area contributed by atoms with E-state index in [-0.39, 0.29) is 17.5 Å². The molecule has 8 nitrogen and oxygen atoms in total. The number of nitrogens with zero attached hydrogens (tertiary/aromatic N) is 8. The third kappa shape index (κ3) is 10.1. The highest BCUT2D eigenvalue weighted by atomic mass is 15.2. The molecule has 2 aliphatic rings. The molecule has 15 aromatic rings. The monoisotopic (exact) mass is 1230 g/mol. The number of rotatable bonds is 10. The Balaban J connectivity index is 0.849. The lowest BCUT2D eigenvalue weighted by atomic mass is 9.33. The number of aromatic nitrogens is 6. The normalized spacial score (nSPS) is 12.6. The number of hydrogen-bond acceptors (Lipinski definition) is 7. The van der Waals surface area contributed by atoms with E-state index in [0.717, 1.165) is 89.7 Å². The standard InChI is InChI=1S/C87H67BN8/c1-86(2,3)63-45-48-74-67(53-63)68-54-64(87(4,5)6)46-49-75(68)96(74)76-47-44-62(84-92-82(57-28-13-8-14-29-57)91-83(93-84)58-30-15-9-16-31-58)52-69(76)85-89-72(56-26-11-7-12-27-56)55-73(90-85)61-34-23-32-59(50-61)60-33-24-37-66(51-60)95-78-41-22-20-39-71(78)88-70-38-19-21-40-77(70)94(65-35-17-10-18-36-65)79-42-25-43-80(95)81(79)88/h7-55H,1-6H3. The van der Waals surface area contributed by atoms with E-state index in [9.17, 15) is 0 Å². The first-order chi connectivity index (χ1) is 46.9. The predicted molar refractivity (Wildman–Crippen MR) is 399 cm³/mol. The molecule has 0 bridgehead atoms. The highest BCUT2D eigenvalue weighted by Crippen LogP contribution is 2.46. The van der Waals surface area contributed by atoms with Gasteiger partial charge in [0.25, 0.3) is 6.71 Å². The van der Waals surface area contributed by atoms with Crippen LogP contribution in [-0.4, -0.2) is 36.2 Å². The van der Waals surface area contributed by atoms with Crippen LogP contribution in [0.5, 0.6) is 0 Å². The lowest BCUT2D eigenvalue weighted by Crippen LogP contribution is -2.61. The van der Waals surface area contributed by atoms with Crippen molar-refractivity contribution in [2.24, 2.45) is 0 Å². The van der Waals surface area contributed by atoms with Gasteiger partial charge in [0.05, 0.1) is 28.1 Å². The lowest BCUT2D eigenvalue weighted by Gasteiger charge is -2.44. The molecule has 458 valence electrons. The number of benzene rings is 12. The molecular weight excluding hydrogens is 1170 g/mol. The molecule has 0 radical (unpaired) electrons. The zero-order valence-corrected chi connectivity index (χ0v) is 54.4. The molecule has 12 aromatic carbocycles. The quantitative estimate of drug-likeness (QED) is 0.126. The molecule has 0 saturated carbocycles. The number of anilines is 6. The summed E-state index contributed by atoms with van der Waals surface area (Å²) in [6.07, 6.45) is 0. The Morgan fingerprint density at radius 3 is 1.27 bits per heavy atom. The van der Waals surface area contributed by atoms with Gasteiger partial charge >= 0.3 is 0 Å². The molecular formula is C87H67BN8. The molecule has 17 rings (SSSR count). The molecule has 5 heterocycles. The molecule has 0 aliphatic carbocycles. The van der Waals surface area contributed by atoms with Crippen LogP contribution in [0.25, 0.3) is 107 Å². The summed E-state index contributed by atoms with van der Waals surface area (Å²) in [5.74, 6) is 2.27. The smallest absolute Gasteiger partial charge is 0.252 e. The van der Waals surface area contributed by atoms with E-state index in [1.165, 1.54) is 55.3 Å². The minimum Gasteiger partial charge on any atom is -0.311 e. The predicted octanol–water partition coefficient (Wildman–Crippen LogP) is 20.1. The molecule has 0 spiro atoms. The lowest BCUT2D eigenvalue weighted by molar-refractivity contribution is 0.590. The zero-order chi connectivity index (χ0) is 64.8. The first-order valence-electron chi connectivity index (χ1n) is 33.1. The summed E-state index contributed by atoms with van der Waals surface area (Å²) in [5, 5.41) is 2.38. The Hall–Kier alpha value is -11.8. The van der Waals surface area contributed by atoms with Crippen LogP contribution in [0.4, 0.5) is 34.1 Å². The second-order valence-corrected chi connectivity index (χ2v) is 27.3. The summed E-state index contributed by atoms with van der Waals surface area (Å²) in [6.45, 7) is 13.8. The van der Waals surface area contributed by atoms with Gasteiger partial charge < -0.3 is 14.4 Å². The van der Waals surface area contributed by atoms with Gasteiger partial charge in [-0.2, -0.15) is 0 Å². The van der Waals surface area contributed by atoms with Crippen molar-refractivity contribution in [2.75, 3.05) is 9.80 Å². The van der Waals surface area contributed by atoms with E-state index in [1.54, 1.807) is 0 Å². The molecule has 0 unspecified atom stereocenters. The second-order valence-electron chi connectivity index (χ2n) is 27.3. The van der Waals surface area contributed by atoms with Gasteiger partial charge in [-0.1, -0.05) is 236 Å². The highest BCUT2D eigenvalue weighted by molar-refractivity contribution is 7.00. The van der Waals surface area contributed by atoms with Crippen LogP contribution >= 0.6 is 0 Å². The van der Waals surface area contributed by atoms with Crippen LogP contribution in [0.1, 0.15) is 52.7 Å². The van der Waals surface area contributed by atoms with Crippen molar-refractivity contribution in [1.82, 2.24) is 29.5 Å². The van der Waals surface area contributed by atoms with Gasteiger partial charge in [0.15, 0.2) is 23.3 Å². The maximum atomic E-state index is 5.75. The molecule has 2 aliphatic heterocycles. The zero-order valence-electron chi connectivity index (χ0n) is 54.4. The van der Waals surface area contributed by atoms with Gasteiger partial charge in [0.2, 0.25) is 0 Å². The first-order valence-corrected chi connectivity index (χ1v) is 33.1. The van der Waals surface area contributed by atoms with E-state index in [4.69, 9.17) is 24.9 Å². The Labute approximate surface area is 560 Å². The van der Waals surface area contributed by atoms with E-state index >= 15 is 0 Å². The van der Waals surface area contributed by atoms with Crippen molar-refractivity contribution in [3.63, 3.8) is 0 Å². The molecule has 3 aromatic heterocycles. The largest absolute Gasteiger partial charge is 0.311 e. The van der Waals surface area contributed by atoms with E-state index in [1.807, 2.05) is 60.7 Å². The third-order valence-electron chi connectivity index (χ3n) is 19.1. The molecule has 0 saturated heterocycles. The Bertz CT molecular complexity index is 5390. The summed E-state index contributed by atoms with van der Waals surface area (Å²) in [5.41, 5.74) is 25.3. The second kappa shape index (κ2) is 23.0. The minimum absolute atomic E-state index is 0.0472. The topological polar surface area (TPSA) is 75.9 Å². The SMILES string of the molecule is CC(C)(C)c1ccc2c(c1)c1cc(C(C)(C)C)ccc1n2-c1ccc(-c2nc(-c3ccccc3)nc(-c3ccccc3)n2)cc1-c1nc(-c2ccccc2)cc(-c2cccc(-c3cccc(N4c5ccccc5B5c6ccccc6N(c6ccccc6)c6cccc4c65)c3)c2)n1. The highest BCUT2D eigenvalue weighted by Gasteiger charge is 2.43. The van der Waals surface area contributed by atoms with Crippen molar-refractivity contribution >= 4 is 79.0 Å². The average Bonchev–Trinajstić information content (AvgIpc) is 0.793. The molecule has 9 heteroatoms. The van der Waals surface area contributed by atoms with Crippen molar-refractivity contribution in [1.29, 1.82) is 0 Å². The fourth-order valence-electron chi connectivity index (χ4n) is 14.3. The van der Waals surface area contributed by atoms with Crippen molar-refractivity contribution in [3.8, 4) is 84.9 Å². The summed E-state index contributed by atoms with van der Waals surface area (Å²) < 4.78 is 2.41. The van der Waals surface area contributed by atoms with Gasteiger partial charge in [0, 0.05) is 78.3 Å². The fraction of sp³-hybridized carbons (Fsp3) is 0.0920. The third-order valence-corrected chi connectivity index (χ3v) is 19.1. The van der Waals surface area contributed by atoms with E-state index < -0.39 is 0 Å². The maximum Gasteiger partial charge on any atom is 0.252 e. The summed E-state index contributed by atoms with van der Waals surface area (Å²) in [7, 11) is 0. The molecule has 0 fully saturated rings. The van der Waals surface area contributed by atoms with Crippen LogP contribution in [0.15, 0.2) is 297 Å². The Morgan fingerprint density at radius 1 is 0.281 bits per heavy atom. The van der Waals surface area contributed by atoms with Gasteiger partial charge in [0.1, 0.15) is 0 Å². The number of para-hydroxylation sites is 3. The van der Waals surface area contributed by atoms with E-state index in [0.29, 0.717) is 23.3 Å². The average molecular weight is 1240 g/mol. The molecule has 96 heavy (non-hydrogen) atoms. The molecule has 0 atom stereocenters. The van der Waals surface area contributed by atoms with Crippen LogP contribution in [-0.2, 0) is 10.8 Å². The Morgan fingerprint density at radius 2 is 0.708 bits per heavy atom. The van der Waals surface area contributed by atoms with Crippen LogP contribution in [0.2, 0.25) is 0 Å². The minimum atomic E-state index is -0.0769. The fourth-order valence-corrected chi connectivity index (χ4v) is 14.3. The van der Waals surface area contributed by atoms with Gasteiger partial charge in [-0.25, -0.2) is 24.9 Å². The summed E-state index contributed by atoms with van der Waals surface area (Å²) in [4.78, 5) is 31.9. The summed E-state index contributed by atoms with van der Waals surface area (Å²) in [6, 6.07) is 107.